The lowest BCUT2D eigenvalue weighted by Gasteiger charge is -2.29. The summed E-state index contributed by atoms with van der Waals surface area (Å²) in [4.78, 5) is 4.69. The number of benzene rings is 10. The Morgan fingerprint density at radius 2 is 0.968 bits per heavy atom. The van der Waals surface area contributed by atoms with Gasteiger partial charge in [-0.2, -0.15) is 0 Å². The lowest BCUT2D eigenvalue weighted by atomic mass is 9.88. The Morgan fingerprint density at radius 1 is 0.371 bits per heavy atom. The van der Waals surface area contributed by atoms with Crippen molar-refractivity contribution in [3.63, 3.8) is 0 Å². The first-order valence-electron chi connectivity index (χ1n) is 21.3. The minimum Gasteiger partial charge on any atom is -0.456 e. The monoisotopic (exact) mass is 814 g/mol. The van der Waals surface area contributed by atoms with E-state index in [1.807, 2.05) is 6.07 Å². The smallest absolute Gasteiger partial charge is 0.159 e. The Morgan fingerprint density at radius 3 is 1.73 bits per heavy atom. The zero-order valence-corrected chi connectivity index (χ0v) is 35.8. The summed E-state index contributed by atoms with van der Waals surface area (Å²) in [6.07, 6.45) is 0. The summed E-state index contributed by atoms with van der Waals surface area (Å²) in [6.45, 7) is 7.18. The second-order valence-corrected chi connectivity index (χ2v) is 22.4. The highest BCUT2D eigenvalue weighted by Crippen LogP contribution is 2.53. The fourth-order valence-corrected chi connectivity index (χ4v) is 10.8. The highest BCUT2D eigenvalue weighted by Gasteiger charge is 2.27. The number of nitrogens with zero attached hydrogens (tertiary/aromatic N) is 2. The van der Waals surface area contributed by atoms with Crippen molar-refractivity contribution >= 4 is 102 Å². The van der Waals surface area contributed by atoms with E-state index in [1.54, 1.807) is 0 Å². The van der Waals surface area contributed by atoms with Crippen molar-refractivity contribution in [2.24, 2.45) is 0 Å². The highest BCUT2D eigenvalue weighted by atomic mass is 28.3. The molecule has 0 N–H and O–H groups in total. The third-order valence-electron chi connectivity index (χ3n) is 12.6. The first kappa shape index (κ1) is 36.3. The molecular formula is C57H42N2O2Si. The van der Waals surface area contributed by atoms with Crippen LogP contribution in [0.1, 0.15) is 0 Å². The van der Waals surface area contributed by atoms with Gasteiger partial charge in [0.15, 0.2) is 5.58 Å². The van der Waals surface area contributed by atoms with Gasteiger partial charge in [0.05, 0.1) is 19.4 Å². The van der Waals surface area contributed by atoms with Gasteiger partial charge in [0.2, 0.25) is 0 Å². The first-order chi connectivity index (χ1) is 30.4. The third-order valence-corrected chi connectivity index (χ3v) is 14.6. The molecule has 11 aromatic rings. The van der Waals surface area contributed by atoms with Gasteiger partial charge < -0.3 is 19.0 Å². The first-order valence-corrected chi connectivity index (χ1v) is 24.8. The lowest BCUT2D eigenvalue weighted by Crippen LogP contribution is -2.37. The summed E-state index contributed by atoms with van der Waals surface area (Å²) in [5.41, 5.74) is 10.4. The number of rotatable bonds is 7. The van der Waals surface area contributed by atoms with Crippen LogP contribution in [0, 0.1) is 0 Å². The van der Waals surface area contributed by atoms with Gasteiger partial charge in [0, 0.05) is 55.9 Å². The molecule has 0 bridgehead atoms. The molecule has 0 radical (unpaired) electrons. The van der Waals surface area contributed by atoms with Crippen LogP contribution in [0.2, 0.25) is 19.6 Å². The summed E-state index contributed by atoms with van der Waals surface area (Å²) in [6, 6.07) is 71.9. The minimum absolute atomic E-state index is 0.844. The fourth-order valence-electron chi connectivity index (χ4n) is 9.59. The van der Waals surface area contributed by atoms with Crippen molar-refractivity contribution in [2.45, 2.75) is 19.6 Å². The molecule has 12 rings (SSSR count). The van der Waals surface area contributed by atoms with E-state index < -0.39 is 8.07 Å². The summed E-state index contributed by atoms with van der Waals surface area (Å²) in [5, 5.41) is 10.6. The molecule has 0 spiro atoms. The molecule has 10 aromatic carbocycles. The standard InChI is InChI=1S/C57H42N2O2Si/c1-62(2,3)41-31-28-39(29-32-41)58(37-16-6-4-7-17-37)40-30-33-45-50-35-48-42-20-10-11-21-43(42)52(36-49(48)46-23-15-27-54(56(46)50)60-55(45)34-40)59(38-18-8-5-9-19-38)51-25-14-24-47-44-22-12-13-26-53(44)61-57(47)51/h4-36H,1-3H3. The lowest BCUT2D eigenvalue weighted by molar-refractivity contribution is 0.487. The number of anilines is 6. The normalized spacial score (nSPS) is 12.2. The maximum absolute atomic E-state index is 6.96. The third kappa shape index (κ3) is 5.73. The van der Waals surface area contributed by atoms with E-state index in [9.17, 15) is 0 Å². The quantitative estimate of drug-likeness (QED) is 0.118. The molecule has 4 nitrogen and oxygen atoms in total. The molecular weight excluding hydrogens is 773 g/mol. The van der Waals surface area contributed by atoms with E-state index >= 15 is 0 Å². The molecule has 1 aliphatic rings. The van der Waals surface area contributed by atoms with Crippen LogP contribution in [0.4, 0.5) is 34.1 Å². The van der Waals surface area contributed by atoms with Gasteiger partial charge in [-0.25, -0.2) is 0 Å². The molecule has 1 aromatic heterocycles. The molecule has 0 saturated heterocycles. The second-order valence-electron chi connectivity index (χ2n) is 17.3. The summed E-state index contributed by atoms with van der Waals surface area (Å²) in [7, 11) is -1.46. The van der Waals surface area contributed by atoms with Crippen LogP contribution in [-0.4, -0.2) is 8.07 Å². The van der Waals surface area contributed by atoms with Crippen LogP contribution in [0.25, 0.3) is 65.4 Å². The van der Waals surface area contributed by atoms with E-state index in [-0.39, 0.29) is 0 Å². The molecule has 0 unspecified atom stereocenters. The van der Waals surface area contributed by atoms with E-state index in [4.69, 9.17) is 9.15 Å². The predicted octanol–water partition coefficient (Wildman–Crippen LogP) is 16.3. The maximum atomic E-state index is 6.96. The zero-order chi connectivity index (χ0) is 41.5. The van der Waals surface area contributed by atoms with Crippen LogP contribution < -0.4 is 19.7 Å². The molecule has 0 aliphatic carbocycles. The summed E-state index contributed by atoms with van der Waals surface area (Å²) >= 11 is 0. The highest BCUT2D eigenvalue weighted by molar-refractivity contribution is 6.88. The second kappa shape index (κ2) is 14.0. The summed E-state index contributed by atoms with van der Waals surface area (Å²) in [5.74, 6) is 1.70. The van der Waals surface area contributed by atoms with Crippen LogP contribution in [0.5, 0.6) is 11.5 Å². The molecule has 296 valence electrons. The van der Waals surface area contributed by atoms with Gasteiger partial charge in [0.1, 0.15) is 17.1 Å². The van der Waals surface area contributed by atoms with Gasteiger partial charge in [-0.1, -0.05) is 140 Å². The van der Waals surface area contributed by atoms with E-state index in [1.165, 1.54) is 21.5 Å². The number of para-hydroxylation sites is 4. The Bertz CT molecular complexity index is 3540. The van der Waals surface area contributed by atoms with Crippen LogP contribution in [0.3, 0.4) is 0 Å². The maximum Gasteiger partial charge on any atom is 0.159 e. The fraction of sp³-hybridized carbons (Fsp3) is 0.0526. The molecule has 62 heavy (non-hydrogen) atoms. The van der Waals surface area contributed by atoms with Crippen molar-refractivity contribution in [3.8, 4) is 22.6 Å². The number of hydrogen-bond acceptors (Lipinski definition) is 4. The largest absolute Gasteiger partial charge is 0.456 e. The molecule has 0 fully saturated rings. The molecule has 5 heteroatoms. The number of fused-ring (bicyclic) bond motifs is 9. The van der Waals surface area contributed by atoms with Crippen molar-refractivity contribution in [2.75, 3.05) is 9.80 Å². The number of furan rings is 1. The Balaban J connectivity index is 1.06. The van der Waals surface area contributed by atoms with Crippen molar-refractivity contribution in [1.29, 1.82) is 0 Å². The van der Waals surface area contributed by atoms with Crippen LogP contribution in [0.15, 0.2) is 205 Å². The number of ether oxygens (including phenoxy) is 1. The van der Waals surface area contributed by atoms with E-state index in [0.717, 1.165) is 94.7 Å². The van der Waals surface area contributed by atoms with Gasteiger partial charge >= 0.3 is 0 Å². The average Bonchev–Trinajstić information content (AvgIpc) is 3.70. The Hall–Kier alpha value is -7.60. The molecule has 0 atom stereocenters. The Kier molecular flexibility index (Phi) is 8.18. The molecule has 0 saturated carbocycles. The van der Waals surface area contributed by atoms with Gasteiger partial charge in [-0.15, -0.1) is 0 Å². The van der Waals surface area contributed by atoms with Crippen molar-refractivity contribution in [1.82, 2.24) is 0 Å². The SMILES string of the molecule is C[Si](C)(C)c1ccc(N(c2ccccc2)c2ccc3c(c2)Oc2cccc4c2c-3cc2c3ccccc3c(N(c3ccccc3)c3cccc5c3oc3ccccc35)cc42)cc1. The van der Waals surface area contributed by atoms with Gasteiger partial charge in [-0.3, -0.25) is 0 Å². The van der Waals surface area contributed by atoms with Crippen molar-refractivity contribution < 1.29 is 9.15 Å². The minimum atomic E-state index is -1.46. The predicted molar refractivity (Wildman–Crippen MR) is 264 cm³/mol. The topological polar surface area (TPSA) is 28.9 Å². The molecule has 1 aliphatic heterocycles. The zero-order valence-electron chi connectivity index (χ0n) is 34.8. The van der Waals surface area contributed by atoms with Crippen molar-refractivity contribution in [3.05, 3.63) is 200 Å². The average molecular weight is 815 g/mol. The van der Waals surface area contributed by atoms with Crippen LogP contribution in [-0.2, 0) is 0 Å². The summed E-state index contributed by atoms with van der Waals surface area (Å²) < 4.78 is 13.7. The number of hydrogen-bond donors (Lipinski definition) is 0. The Labute approximate surface area is 361 Å². The van der Waals surface area contributed by atoms with Gasteiger partial charge in [0.25, 0.3) is 0 Å². The van der Waals surface area contributed by atoms with E-state index in [0.29, 0.717) is 0 Å². The van der Waals surface area contributed by atoms with Crippen LogP contribution >= 0.6 is 0 Å². The molecule has 0 amide bonds. The molecule has 2 heterocycles. The van der Waals surface area contributed by atoms with Gasteiger partial charge in [-0.05, 0) is 106 Å². The van der Waals surface area contributed by atoms with E-state index in [2.05, 4.69) is 224 Å².